The van der Waals surface area contributed by atoms with E-state index in [1.165, 1.54) is 23.2 Å². The first kappa shape index (κ1) is 20.5. The second-order valence-corrected chi connectivity index (χ2v) is 7.04. The summed E-state index contributed by atoms with van der Waals surface area (Å²) in [5.41, 5.74) is -1.08. The van der Waals surface area contributed by atoms with Crippen molar-refractivity contribution in [2.75, 3.05) is 0 Å². The quantitative estimate of drug-likeness (QED) is 0.648. The highest BCUT2D eigenvalue weighted by Crippen LogP contribution is 2.32. The van der Waals surface area contributed by atoms with Crippen LogP contribution in [0, 0.1) is 5.82 Å². The van der Waals surface area contributed by atoms with E-state index < -0.39 is 29.0 Å². The molecule has 0 aliphatic heterocycles. The van der Waals surface area contributed by atoms with Crippen molar-refractivity contribution < 1.29 is 22.4 Å². The van der Waals surface area contributed by atoms with Gasteiger partial charge in [0.2, 0.25) is 0 Å². The molecule has 5 nitrogen and oxygen atoms in total. The van der Waals surface area contributed by atoms with E-state index in [0.29, 0.717) is 5.69 Å². The number of nitrogens with one attached hydrogen (secondary N) is 1. The Bertz CT molecular complexity index is 1010. The van der Waals surface area contributed by atoms with Gasteiger partial charge in [0.05, 0.1) is 23.1 Å². The van der Waals surface area contributed by atoms with E-state index in [1.54, 1.807) is 32.2 Å². The van der Waals surface area contributed by atoms with Crippen molar-refractivity contribution in [3.8, 4) is 0 Å². The molecule has 9 heteroatoms. The van der Waals surface area contributed by atoms with Gasteiger partial charge in [-0.1, -0.05) is 12.1 Å². The molecule has 2 heterocycles. The molecule has 3 rings (SSSR count). The Balaban J connectivity index is 1.73. The van der Waals surface area contributed by atoms with Gasteiger partial charge < -0.3 is 9.88 Å². The summed E-state index contributed by atoms with van der Waals surface area (Å²) in [5, 5.41) is 2.83. The van der Waals surface area contributed by atoms with Gasteiger partial charge in [-0.25, -0.2) is 9.37 Å². The lowest BCUT2D eigenvalue weighted by molar-refractivity contribution is -0.140. The van der Waals surface area contributed by atoms with Gasteiger partial charge in [-0.15, -0.1) is 0 Å². The standard InChI is InChI=1S/C20H18F4N4O/c1-19(2,17-5-3-4-8-25-17)27-18(29)16-11-28(12-26-16)10-13-6-7-15(21)14(9-13)20(22,23)24/h3-9,11-12H,10H2,1-2H3,(H,27,29). The van der Waals surface area contributed by atoms with Crippen LogP contribution in [0.15, 0.2) is 55.1 Å². The van der Waals surface area contributed by atoms with E-state index in [-0.39, 0.29) is 17.8 Å². The van der Waals surface area contributed by atoms with Crippen molar-refractivity contribution >= 4 is 5.91 Å². The SMILES string of the molecule is CC(C)(NC(=O)c1cn(Cc2ccc(F)c(C(F)(F)F)c2)cn1)c1ccccn1. The van der Waals surface area contributed by atoms with E-state index in [9.17, 15) is 22.4 Å². The molecule has 1 amide bonds. The van der Waals surface area contributed by atoms with Gasteiger partial charge in [-0.2, -0.15) is 13.2 Å². The minimum atomic E-state index is -4.78. The third-order valence-electron chi connectivity index (χ3n) is 4.30. The zero-order valence-electron chi connectivity index (χ0n) is 15.7. The van der Waals surface area contributed by atoms with E-state index in [1.807, 2.05) is 6.07 Å². The van der Waals surface area contributed by atoms with Crippen LogP contribution in [0.1, 0.15) is 41.2 Å². The average molecular weight is 406 g/mol. The van der Waals surface area contributed by atoms with E-state index in [0.717, 1.165) is 12.1 Å². The van der Waals surface area contributed by atoms with Gasteiger partial charge in [0.25, 0.3) is 5.91 Å². The van der Waals surface area contributed by atoms with Crippen molar-refractivity contribution in [3.63, 3.8) is 0 Å². The summed E-state index contributed by atoms with van der Waals surface area (Å²) in [6.45, 7) is 3.59. The molecule has 152 valence electrons. The Morgan fingerprint density at radius 2 is 1.90 bits per heavy atom. The van der Waals surface area contributed by atoms with Crippen LogP contribution in [0.25, 0.3) is 0 Å². The number of halogens is 4. The molecule has 0 fully saturated rings. The molecule has 1 aromatic carbocycles. The summed E-state index contributed by atoms with van der Waals surface area (Å²) in [6.07, 6.45) is -0.410. The highest BCUT2D eigenvalue weighted by molar-refractivity contribution is 5.92. The fourth-order valence-corrected chi connectivity index (χ4v) is 2.81. The third-order valence-corrected chi connectivity index (χ3v) is 4.30. The summed E-state index contributed by atoms with van der Waals surface area (Å²) in [4.78, 5) is 20.8. The molecule has 1 N–H and O–H groups in total. The van der Waals surface area contributed by atoms with Crippen molar-refractivity contribution in [3.05, 3.63) is 83.5 Å². The number of benzene rings is 1. The van der Waals surface area contributed by atoms with Gasteiger partial charge in [0.1, 0.15) is 11.5 Å². The van der Waals surface area contributed by atoms with Crippen LogP contribution in [0.3, 0.4) is 0 Å². The molecule has 0 atom stereocenters. The molecule has 3 aromatic rings. The van der Waals surface area contributed by atoms with Crippen LogP contribution >= 0.6 is 0 Å². The van der Waals surface area contributed by atoms with Crippen molar-refractivity contribution in [1.29, 1.82) is 0 Å². The number of imidazole rings is 1. The number of carbonyl (C=O) groups is 1. The second kappa shape index (κ2) is 7.65. The Morgan fingerprint density at radius 1 is 1.14 bits per heavy atom. The first-order valence-electron chi connectivity index (χ1n) is 8.68. The number of aromatic nitrogens is 3. The predicted molar refractivity (Wildman–Crippen MR) is 97.5 cm³/mol. The number of carbonyl (C=O) groups excluding carboxylic acids is 1. The number of pyridine rings is 1. The number of hydrogen-bond donors (Lipinski definition) is 1. The zero-order chi connectivity index (χ0) is 21.2. The fraction of sp³-hybridized carbons (Fsp3) is 0.250. The molecular weight excluding hydrogens is 388 g/mol. The largest absolute Gasteiger partial charge is 0.419 e. The minimum absolute atomic E-state index is 0.00722. The van der Waals surface area contributed by atoms with Crippen LogP contribution in [0.4, 0.5) is 17.6 Å². The average Bonchev–Trinajstić information content (AvgIpc) is 3.11. The summed E-state index contributed by atoms with van der Waals surface area (Å²) in [5.74, 6) is -1.78. The zero-order valence-corrected chi connectivity index (χ0v) is 15.7. The van der Waals surface area contributed by atoms with Crippen LogP contribution in [-0.2, 0) is 18.3 Å². The molecule has 0 saturated heterocycles. The smallest absolute Gasteiger partial charge is 0.340 e. The van der Waals surface area contributed by atoms with Crippen molar-refractivity contribution in [2.45, 2.75) is 32.1 Å². The van der Waals surface area contributed by atoms with Gasteiger partial charge in [0.15, 0.2) is 0 Å². The van der Waals surface area contributed by atoms with Gasteiger partial charge >= 0.3 is 6.18 Å². The van der Waals surface area contributed by atoms with Crippen LogP contribution < -0.4 is 5.32 Å². The molecule has 0 saturated carbocycles. The fourth-order valence-electron chi connectivity index (χ4n) is 2.81. The molecule has 0 spiro atoms. The van der Waals surface area contributed by atoms with Crippen LogP contribution in [-0.4, -0.2) is 20.4 Å². The minimum Gasteiger partial charge on any atom is -0.340 e. The normalized spacial score (nSPS) is 12.1. The molecule has 0 aliphatic rings. The molecule has 0 bridgehead atoms. The summed E-state index contributed by atoms with van der Waals surface area (Å²) >= 11 is 0. The Morgan fingerprint density at radius 3 is 2.55 bits per heavy atom. The van der Waals surface area contributed by atoms with Gasteiger partial charge in [0, 0.05) is 18.9 Å². The second-order valence-electron chi connectivity index (χ2n) is 7.04. The summed E-state index contributed by atoms with van der Waals surface area (Å²) in [7, 11) is 0. The lowest BCUT2D eigenvalue weighted by atomic mass is 9.99. The van der Waals surface area contributed by atoms with E-state index in [2.05, 4.69) is 15.3 Å². The monoisotopic (exact) mass is 406 g/mol. The first-order valence-corrected chi connectivity index (χ1v) is 8.68. The van der Waals surface area contributed by atoms with E-state index in [4.69, 9.17) is 0 Å². The van der Waals surface area contributed by atoms with Crippen molar-refractivity contribution in [2.24, 2.45) is 0 Å². The van der Waals surface area contributed by atoms with Crippen LogP contribution in [0.2, 0.25) is 0 Å². The molecule has 0 aliphatic carbocycles. The number of amides is 1. The van der Waals surface area contributed by atoms with Gasteiger partial charge in [-0.05, 0) is 43.7 Å². The van der Waals surface area contributed by atoms with E-state index >= 15 is 0 Å². The number of nitrogens with zero attached hydrogens (tertiary/aromatic N) is 3. The molecular formula is C20H18F4N4O. The van der Waals surface area contributed by atoms with Crippen LogP contribution in [0.5, 0.6) is 0 Å². The Hall–Kier alpha value is -3.23. The molecule has 29 heavy (non-hydrogen) atoms. The predicted octanol–water partition coefficient (Wildman–Crippen LogP) is 4.15. The lowest BCUT2D eigenvalue weighted by Gasteiger charge is -2.25. The molecule has 2 aromatic heterocycles. The maximum Gasteiger partial charge on any atom is 0.419 e. The maximum absolute atomic E-state index is 13.4. The summed E-state index contributed by atoms with van der Waals surface area (Å²) < 4.78 is 53.4. The summed E-state index contributed by atoms with van der Waals surface area (Å²) in [6, 6.07) is 8.14. The lowest BCUT2D eigenvalue weighted by Crippen LogP contribution is -2.41. The van der Waals surface area contributed by atoms with Crippen molar-refractivity contribution in [1.82, 2.24) is 19.9 Å². The molecule has 0 unspecified atom stereocenters. The first-order chi connectivity index (χ1) is 13.6. The maximum atomic E-state index is 13.4. The van der Waals surface area contributed by atoms with Gasteiger partial charge in [-0.3, -0.25) is 9.78 Å². The third kappa shape index (κ3) is 4.79. The number of hydrogen-bond acceptors (Lipinski definition) is 3. The topological polar surface area (TPSA) is 59.8 Å². The highest BCUT2D eigenvalue weighted by Gasteiger charge is 2.34. The number of alkyl halides is 3. The Kier molecular flexibility index (Phi) is 5.41. The highest BCUT2D eigenvalue weighted by atomic mass is 19.4. The number of rotatable bonds is 5. The Labute approximate surface area is 164 Å². The molecule has 0 radical (unpaired) electrons.